The Kier molecular flexibility index (Phi) is 6.42. The van der Waals surface area contributed by atoms with Crippen LogP contribution in [0.4, 0.5) is 4.79 Å². The number of nitrogens with zero attached hydrogens (tertiary/aromatic N) is 1. The Labute approximate surface area is 200 Å². The minimum absolute atomic E-state index is 0.0870. The lowest BCUT2D eigenvalue weighted by molar-refractivity contribution is -0.151. The molecule has 3 aromatic rings. The van der Waals surface area contributed by atoms with Gasteiger partial charge in [0.25, 0.3) is 11.3 Å². The maximum atomic E-state index is 12.8. The molecule has 1 saturated heterocycles. The molecule has 8 heteroatoms. The molecule has 5 rings (SSSR count). The fourth-order valence-corrected chi connectivity index (χ4v) is 5.19. The number of benzene rings is 3. The van der Waals surface area contributed by atoms with Crippen molar-refractivity contribution in [2.45, 2.75) is 12.5 Å². The summed E-state index contributed by atoms with van der Waals surface area (Å²) in [7, 11) is 0. The zero-order valence-electron chi connectivity index (χ0n) is 18.3. The number of rotatable bonds is 5. The smallest absolute Gasteiger partial charge is 0.423 e. The van der Waals surface area contributed by atoms with Crippen LogP contribution in [0.3, 0.4) is 0 Å². The van der Waals surface area contributed by atoms with Gasteiger partial charge in [-0.3, -0.25) is 8.98 Å². The molecule has 1 aliphatic carbocycles. The van der Waals surface area contributed by atoms with Crippen LogP contribution in [-0.2, 0) is 36.3 Å². The molecule has 7 nitrogen and oxygen atoms in total. The first-order chi connectivity index (χ1) is 16.6. The van der Waals surface area contributed by atoms with Crippen molar-refractivity contribution in [3.8, 4) is 11.1 Å². The molecule has 1 aliphatic heterocycles. The van der Waals surface area contributed by atoms with Gasteiger partial charge in [0.05, 0.1) is 13.2 Å². The molecule has 0 aromatic heterocycles. The minimum Gasteiger partial charge on any atom is -0.460 e. The molecule has 2 aliphatic rings. The van der Waals surface area contributed by atoms with Crippen LogP contribution in [0.1, 0.15) is 22.6 Å². The third kappa shape index (κ3) is 4.47. The molecule has 3 aromatic carbocycles. The largest absolute Gasteiger partial charge is 0.460 e. The fourth-order valence-electron chi connectivity index (χ4n) is 4.31. The molecule has 1 unspecified atom stereocenters. The Balaban J connectivity index is 1.22. The number of fused-ring (bicyclic) bond motifs is 3. The second-order valence-corrected chi connectivity index (χ2v) is 9.27. The van der Waals surface area contributed by atoms with E-state index in [0.717, 1.165) is 32.1 Å². The Morgan fingerprint density at radius 1 is 0.882 bits per heavy atom. The lowest BCUT2D eigenvalue weighted by atomic mass is 9.98. The van der Waals surface area contributed by atoms with E-state index in [-0.39, 0.29) is 32.3 Å². The van der Waals surface area contributed by atoms with Gasteiger partial charge in [-0.15, -0.1) is 0 Å². The highest BCUT2D eigenvalue weighted by Crippen LogP contribution is 2.44. The Hall–Kier alpha value is -3.49. The van der Waals surface area contributed by atoms with Crippen molar-refractivity contribution in [2.24, 2.45) is 5.92 Å². The van der Waals surface area contributed by atoms with Crippen LogP contribution >= 0.6 is 0 Å². The molecular formula is C26H23NO6S. The lowest BCUT2D eigenvalue weighted by Crippen LogP contribution is -2.46. The maximum Gasteiger partial charge on any atom is 0.423 e. The van der Waals surface area contributed by atoms with Crippen LogP contribution in [0.25, 0.3) is 11.1 Å². The van der Waals surface area contributed by atoms with Gasteiger partial charge in [-0.05, 0) is 27.8 Å². The minimum atomic E-state index is -2.03. The summed E-state index contributed by atoms with van der Waals surface area (Å²) < 4.78 is 29.4. The van der Waals surface area contributed by atoms with E-state index < -0.39 is 29.2 Å². The van der Waals surface area contributed by atoms with Gasteiger partial charge in [-0.2, -0.15) is 0 Å². The highest BCUT2D eigenvalue weighted by atomic mass is 32.2. The van der Waals surface area contributed by atoms with E-state index in [1.165, 1.54) is 0 Å². The predicted molar refractivity (Wildman–Crippen MR) is 126 cm³/mol. The van der Waals surface area contributed by atoms with Gasteiger partial charge in [-0.1, -0.05) is 78.9 Å². The molecule has 1 fully saturated rings. The van der Waals surface area contributed by atoms with Crippen molar-refractivity contribution in [1.29, 1.82) is 0 Å². The number of ether oxygens (including phenoxy) is 2. The predicted octanol–water partition coefficient (Wildman–Crippen LogP) is 4.21. The highest BCUT2D eigenvalue weighted by Gasteiger charge is 2.37. The van der Waals surface area contributed by atoms with Crippen LogP contribution in [-0.4, -0.2) is 40.3 Å². The van der Waals surface area contributed by atoms with Crippen LogP contribution in [0, 0.1) is 5.92 Å². The summed E-state index contributed by atoms with van der Waals surface area (Å²) in [6.45, 7) is 0.0121. The van der Waals surface area contributed by atoms with Crippen molar-refractivity contribution in [2.75, 3.05) is 19.8 Å². The third-order valence-corrected chi connectivity index (χ3v) is 7.03. The summed E-state index contributed by atoms with van der Waals surface area (Å²) >= 11 is -2.03. The van der Waals surface area contributed by atoms with Crippen molar-refractivity contribution in [1.82, 2.24) is 4.31 Å². The zero-order chi connectivity index (χ0) is 23.5. The van der Waals surface area contributed by atoms with E-state index in [4.69, 9.17) is 13.7 Å². The molecule has 34 heavy (non-hydrogen) atoms. The van der Waals surface area contributed by atoms with Gasteiger partial charge in [0.1, 0.15) is 19.1 Å². The van der Waals surface area contributed by atoms with Crippen molar-refractivity contribution in [3.05, 3.63) is 95.6 Å². The normalized spacial score (nSPS) is 19.2. The number of esters is 1. The Bertz CT molecular complexity index is 1190. The molecule has 2 atom stereocenters. The Morgan fingerprint density at radius 3 is 2.18 bits per heavy atom. The number of hydrogen-bond donors (Lipinski definition) is 0. The second kappa shape index (κ2) is 9.79. The highest BCUT2D eigenvalue weighted by molar-refractivity contribution is 7.78. The van der Waals surface area contributed by atoms with Crippen LogP contribution < -0.4 is 0 Å². The summed E-state index contributed by atoms with van der Waals surface area (Å²) in [5.74, 6) is -1.39. The average molecular weight is 478 g/mol. The average Bonchev–Trinajstić information content (AvgIpc) is 3.20. The summed E-state index contributed by atoms with van der Waals surface area (Å²) in [4.78, 5) is 25.3. The SMILES string of the molecule is O=C(OCc1ccccc1)[C@H]1COS(=O)N(C(=O)OCC2c3ccccc3-c3ccccc32)C1. The summed E-state index contributed by atoms with van der Waals surface area (Å²) in [5.41, 5.74) is 5.24. The topological polar surface area (TPSA) is 82.1 Å². The molecular weight excluding hydrogens is 454 g/mol. The van der Waals surface area contributed by atoms with Crippen LogP contribution in [0.2, 0.25) is 0 Å². The fraction of sp³-hybridized carbons (Fsp3) is 0.231. The maximum absolute atomic E-state index is 12.8. The first-order valence-corrected chi connectivity index (χ1v) is 12.0. The molecule has 0 spiro atoms. The second-order valence-electron chi connectivity index (χ2n) is 8.16. The van der Waals surface area contributed by atoms with Gasteiger partial charge >= 0.3 is 12.1 Å². The quantitative estimate of drug-likeness (QED) is 0.512. The summed E-state index contributed by atoms with van der Waals surface area (Å²) in [6, 6.07) is 25.3. The van der Waals surface area contributed by atoms with Gasteiger partial charge in [0.2, 0.25) is 0 Å². The summed E-state index contributed by atoms with van der Waals surface area (Å²) in [6.07, 6.45) is -0.791. The number of amides is 1. The molecule has 0 N–H and O–H groups in total. The van der Waals surface area contributed by atoms with E-state index in [1.54, 1.807) is 0 Å². The van der Waals surface area contributed by atoms with Gasteiger partial charge < -0.3 is 9.47 Å². The molecule has 0 radical (unpaired) electrons. The number of hydrogen-bond acceptors (Lipinski definition) is 6. The van der Waals surface area contributed by atoms with E-state index in [1.807, 2.05) is 66.7 Å². The van der Waals surface area contributed by atoms with E-state index in [2.05, 4.69) is 12.1 Å². The standard InChI is InChI=1S/C26H23NO6S/c28-25(31-15-18-8-2-1-3-9-18)19-14-27(34(30)33-16-19)26(29)32-17-24-22-12-6-4-10-20(22)21-11-5-7-13-23(21)24/h1-13,19,24H,14-17H2/t19-,34?/m1/s1. The van der Waals surface area contributed by atoms with Crippen molar-refractivity contribution >= 4 is 23.3 Å². The van der Waals surface area contributed by atoms with E-state index >= 15 is 0 Å². The molecule has 0 saturated carbocycles. The lowest BCUT2D eigenvalue weighted by Gasteiger charge is -2.29. The number of carbonyl (C=O) groups is 2. The monoisotopic (exact) mass is 477 g/mol. The van der Waals surface area contributed by atoms with Gasteiger partial charge in [-0.25, -0.2) is 13.3 Å². The van der Waals surface area contributed by atoms with Crippen molar-refractivity contribution < 1.29 is 27.5 Å². The molecule has 0 bridgehead atoms. The molecule has 174 valence electrons. The molecule has 1 heterocycles. The van der Waals surface area contributed by atoms with E-state index in [9.17, 15) is 13.8 Å². The molecule has 1 amide bonds. The first kappa shape index (κ1) is 22.3. The van der Waals surface area contributed by atoms with Crippen LogP contribution in [0.5, 0.6) is 0 Å². The van der Waals surface area contributed by atoms with Crippen LogP contribution in [0.15, 0.2) is 78.9 Å². The van der Waals surface area contributed by atoms with Gasteiger partial charge in [0, 0.05) is 5.92 Å². The number of carbonyl (C=O) groups excluding carboxylic acids is 2. The van der Waals surface area contributed by atoms with Crippen molar-refractivity contribution in [3.63, 3.8) is 0 Å². The zero-order valence-corrected chi connectivity index (χ0v) is 19.1. The third-order valence-electron chi connectivity index (χ3n) is 6.03. The first-order valence-electron chi connectivity index (χ1n) is 11.0. The Morgan fingerprint density at radius 2 is 1.50 bits per heavy atom. The van der Waals surface area contributed by atoms with Gasteiger partial charge in [0.15, 0.2) is 0 Å². The summed E-state index contributed by atoms with van der Waals surface area (Å²) in [5, 5.41) is 0. The van der Waals surface area contributed by atoms with E-state index in [0.29, 0.717) is 0 Å².